The van der Waals surface area contributed by atoms with Gasteiger partial charge in [0.1, 0.15) is 17.7 Å². The van der Waals surface area contributed by atoms with Crippen LogP contribution >= 0.6 is 0 Å². The number of oxime groups is 1. The van der Waals surface area contributed by atoms with Gasteiger partial charge in [0.15, 0.2) is 6.61 Å². The van der Waals surface area contributed by atoms with Crippen LogP contribution in [0.3, 0.4) is 0 Å². The molecular weight excluding hydrogens is 510 g/mol. The number of carboxylic acid groups (broad SMARTS) is 1. The molecule has 0 heterocycles. The fourth-order valence-electron chi connectivity index (χ4n) is 8.26. The smallest absolute Gasteiger partial charge is 0.326 e. The van der Waals surface area contributed by atoms with E-state index in [-0.39, 0.29) is 17.4 Å². The van der Waals surface area contributed by atoms with E-state index in [0.29, 0.717) is 37.0 Å². The van der Waals surface area contributed by atoms with E-state index in [1.54, 1.807) is 0 Å². The summed E-state index contributed by atoms with van der Waals surface area (Å²) in [5.74, 6) is 2.16. The second-order valence-electron chi connectivity index (χ2n) is 12.8. The Hall–Kier alpha value is -2.86. The molecule has 0 aliphatic heterocycles. The van der Waals surface area contributed by atoms with Gasteiger partial charge in [-0.2, -0.15) is 0 Å². The average molecular weight is 556 g/mol. The summed E-state index contributed by atoms with van der Waals surface area (Å²) in [6.07, 6.45) is 16.4. The molecule has 4 N–H and O–H groups in total. The van der Waals surface area contributed by atoms with Gasteiger partial charge in [0.2, 0.25) is 5.91 Å². The zero-order chi connectivity index (χ0) is 29.3. The molecule has 4 aliphatic carbocycles. The summed E-state index contributed by atoms with van der Waals surface area (Å²) in [4.78, 5) is 41.2. The standard InChI is InChI=1S/C31H45N3O6/c1-6-8-25(28(37)38)33-27(36)19(3)32-26(35)18-40-34-21-11-14-29(4)20(17-21)9-10-22-23(29)12-15-30(5)24(22)13-16-31(30,39)7-2/h2,17,19,22-25,39H,6,8-16,18H2,1,3-5H3,(H,32,35)(H,33,36)(H,37,38)/b34-21+/t19-,22-,23-,24-,25+,29+,30+,31-/m1/s1. The molecule has 9 heteroatoms. The lowest BCUT2D eigenvalue weighted by Gasteiger charge is -2.58. The summed E-state index contributed by atoms with van der Waals surface area (Å²) in [5, 5.41) is 29.6. The van der Waals surface area contributed by atoms with Crippen molar-refractivity contribution in [3.63, 3.8) is 0 Å². The molecule has 9 nitrogen and oxygen atoms in total. The molecule has 0 bridgehead atoms. The molecule has 2 amide bonds. The largest absolute Gasteiger partial charge is 0.480 e. The van der Waals surface area contributed by atoms with Crippen molar-refractivity contribution in [1.82, 2.24) is 10.6 Å². The van der Waals surface area contributed by atoms with Crippen molar-refractivity contribution in [3.8, 4) is 12.3 Å². The van der Waals surface area contributed by atoms with Crippen LogP contribution in [0.1, 0.15) is 91.9 Å². The molecule has 0 radical (unpaired) electrons. The van der Waals surface area contributed by atoms with Gasteiger partial charge in [-0.25, -0.2) is 4.79 Å². The number of aliphatic carboxylic acids is 1. The van der Waals surface area contributed by atoms with Crippen molar-refractivity contribution in [3.05, 3.63) is 11.6 Å². The molecular formula is C31H45N3O6. The van der Waals surface area contributed by atoms with Crippen molar-refractivity contribution in [2.24, 2.45) is 33.7 Å². The Labute approximate surface area is 237 Å². The van der Waals surface area contributed by atoms with Crippen LogP contribution in [-0.4, -0.2) is 58.0 Å². The number of hydrogen-bond acceptors (Lipinski definition) is 6. The highest BCUT2D eigenvalue weighted by atomic mass is 16.6. The number of terminal acetylenes is 1. The highest BCUT2D eigenvalue weighted by Gasteiger charge is 2.63. The van der Waals surface area contributed by atoms with E-state index in [1.165, 1.54) is 12.5 Å². The first-order valence-electron chi connectivity index (χ1n) is 14.8. The third-order valence-electron chi connectivity index (χ3n) is 10.7. The summed E-state index contributed by atoms with van der Waals surface area (Å²) < 4.78 is 0. The predicted molar refractivity (Wildman–Crippen MR) is 151 cm³/mol. The van der Waals surface area contributed by atoms with Gasteiger partial charge >= 0.3 is 5.97 Å². The molecule has 0 spiro atoms. The molecule has 4 aliphatic rings. The first-order chi connectivity index (χ1) is 18.9. The van der Waals surface area contributed by atoms with Gasteiger partial charge in [-0.05, 0) is 94.0 Å². The predicted octanol–water partition coefficient (Wildman–Crippen LogP) is 3.56. The number of nitrogens with one attached hydrogen (secondary N) is 2. The fraction of sp³-hybridized carbons (Fsp3) is 0.742. The van der Waals surface area contributed by atoms with Gasteiger partial charge in [-0.1, -0.05) is 43.8 Å². The van der Waals surface area contributed by atoms with Crippen LogP contribution in [-0.2, 0) is 19.2 Å². The topological polar surface area (TPSA) is 137 Å². The van der Waals surface area contributed by atoms with Crippen LogP contribution in [0.5, 0.6) is 0 Å². The number of rotatable bonds is 9. The van der Waals surface area contributed by atoms with Crippen molar-refractivity contribution < 1.29 is 29.4 Å². The van der Waals surface area contributed by atoms with E-state index in [0.717, 1.165) is 50.7 Å². The molecule has 40 heavy (non-hydrogen) atoms. The molecule has 4 rings (SSSR count). The van der Waals surface area contributed by atoms with Crippen LogP contribution in [0.4, 0.5) is 0 Å². The number of nitrogens with zero attached hydrogens (tertiary/aromatic N) is 1. The normalized spacial score (nSPS) is 37.0. The number of carboxylic acids is 1. The Kier molecular flexibility index (Phi) is 8.70. The van der Waals surface area contributed by atoms with Crippen molar-refractivity contribution in [2.75, 3.05) is 6.61 Å². The van der Waals surface area contributed by atoms with Crippen LogP contribution < -0.4 is 10.6 Å². The lowest BCUT2D eigenvalue weighted by atomic mass is 9.46. The maximum Gasteiger partial charge on any atom is 0.326 e. The Bertz CT molecular complexity index is 1130. The van der Waals surface area contributed by atoms with Gasteiger partial charge in [-0.3, -0.25) is 9.59 Å². The van der Waals surface area contributed by atoms with Gasteiger partial charge in [0.05, 0.1) is 5.71 Å². The third-order valence-corrected chi connectivity index (χ3v) is 10.7. The molecule has 0 aromatic rings. The summed E-state index contributed by atoms with van der Waals surface area (Å²) in [6.45, 7) is 7.59. The highest BCUT2D eigenvalue weighted by molar-refractivity contribution is 5.96. The molecule has 0 saturated heterocycles. The van der Waals surface area contributed by atoms with Gasteiger partial charge < -0.3 is 25.7 Å². The minimum Gasteiger partial charge on any atom is -0.480 e. The SMILES string of the molecule is C#C[C@@]1(O)CC[C@@H]2[C@@H]3CCC4=C/C(=N/OCC(=O)N[C@H](C)C(=O)N[C@@H](CCC)C(=O)O)CC[C@]4(C)[C@@H]3CC[C@@]21C. The van der Waals surface area contributed by atoms with Gasteiger partial charge in [0, 0.05) is 5.41 Å². The zero-order valence-electron chi connectivity index (χ0n) is 24.3. The van der Waals surface area contributed by atoms with Crippen LogP contribution in [0.15, 0.2) is 16.8 Å². The second-order valence-corrected chi connectivity index (χ2v) is 12.8. The Morgan fingerprint density at radius 1 is 1.15 bits per heavy atom. The summed E-state index contributed by atoms with van der Waals surface area (Å²) in [6, 6.07) is -1.88. The quantitative estimate of drug-likeness (QED) is 0.254. The van der Waals surface area contributed by atoms with E-state index >= 15 is 0 Å². The molecule has 220 valence electrons. The average Bonchev–Trinajstić information content (AvgIpc) is 3.19. The Morgan fingerprint density at radius 3 is 2.55 bits per heavy atom. The Balaban J connectivity index is 1.32. The number of carbonyl (C=O) groups excluding carboxylic acids is 2. The van der Waals surface area contributed by atoms with E-state index in [1.807, 2.05) is 6.92 Å². The molecule has 0 unspecified atom stereocenters. The first kappa shape index (κ1) is 30.1. The van der Waals surface area contributed by atoms with Crippen molar-refractivity contribution >= 4 is 23.5 Å². The second kappa shape index (κ2) is 11.6. The van der Waals surface area contributed by atoms with E-state index in [4.69, 9.17) is 11.3 Å². The molecule has 8 atom stereocenters. The lowest BCUT2D eigenvalue weighted by molar-refractivity contribution is -0.142. The Morgan fingerprint density at radius 2 is 1.88 bits per heavy atom. The van der Waals surface area contributed by atoms with Crippen LogP contribution in [0.25, 0.3) is 0 Å². The van der Waals surface area contributed by atoms with Crippen LogP contribution in [0, 0.1) is 40.9 Å². The zero-order valence-corrected chi connectivity index (χ0v) is 24.3. The fourth-order valence-corrected chi connectivity index (χ4v) is 8.26. The van der Waals surface area contributed by atoms with E-state index in [9.17, 15) is 24.6 Å². The maximum absolute atomic E-state index is 12.3. The minimum atomic E-state index is -1.10. The first-order valence-corrected chi connectivity index (χ1v) is 14.8. The molecule has 0 aromatic heterocycles. The maximum atomic E-state index is 12.3. The molecule has 3 fully saturated rings. The number of aliphatic hydroxyl groups is 1. The minimum absolute atomic E-state index is 0.0892. The summed E-state index contributed by atoms with van der Waals surface area (Å²) >= 11 is 0. The monoisotopic (exact) mass is 555 g/mol. The van der Waals surface area contributed by atoms with Crippen LogP contribution in [0.2, 0.25) is 0 Å². The number of allylic oxidation sites excluding steroid dienone is 2. The molecule has 0 aromatic carbocycles. The lowest BCUT2D eigenvalue weighted by Crippen LogP contribution is -2.54. The molecule has 3 saturated carbocycles. The summed E-state index contributed by atoms with van der Waals surface area (Å²) in [7, 11) is 0. The highest BCUT2D eigenvalue weighted by Crippen LogP contribution is 2.67. The number of fused-ring (bicyclic) bond motifs is 5. The summed E-state index contributed by atoms with van der Waals surface area (Å²) in [5.41, 5.74) is 1.10. The van der Waals surface area contributed by atoms with Crippen molar-refractivity contribution in [1.29, 1.82) is 0 Å². The van der Waals surface area contributed by atoms with E-state index < -0.39 is 35.5 Å². The number of carbonyl (C=O) groups is 3. The van der Waals surface area contributed by atoms with Gasteiger partial charge in [0.25, 0.3) is 5.91 Å². The van der Waals surface area contributed by atoms with E-state index in [2.05, 4.69) is 41.6 Å². The third kappa shape index (κ3) is 5.39. The number of hydrogen-bond donors (Lipinski definition) is 4. The van der Waals surface area contributed by atoms with Gasteiger partial charge in [-0.15, -0.1) is 6.42 Å². The number of amides is 2. The van der Waals surface area contributed by atoms with Crippen molar-refractivity contribution in [2.45, 2.75) is 110 Å².